The van der Waals surface area contributed by atoms with Crippen LogP contribution in [0, 0.1) is 20.8 Å². The standard InChI is InChI=1S/C21H23NO/c1-15-12-17(3)21-19(13-15)16(2)14-20(23)22(21)11-7-10-18-8-5-4-6-9-18/h4-6,8-9,12-14H,7,10-11H2,1-3H3. The second kappa shape index (κ2) is 6.41. The first-order valence-electron chi connectivity index (χ1n) is 8.21. The summed E-state index contributed by atoms with van der Waals surface area (Å²) < 4.78 is 1.94. The summed E-state index contributed by atoms with van der Waals surface area (Å²) in [5.41, 5.74) is 6.01. The first kappa shape index (κ1) is 15.5. The van der Waals surface area contributed by atoms with Crippen molar-refractivity contribution in [3.8, 4) is 0 Å². The van der Waals surface area contributed by atoms with Crippen molar-refractivity contribution in [3.63, 3.8) is 0 Å². The zero-order chi connectivity index (χ0) is 16.4. The minimum Gasteiger partial charge on any atom is -0.308 e. The third-order valence-electron chi connectivity index (χ3n) is 4.44. The average molecular weight is 305 g/mol. The molecular weight excluding hydrogens is 282 g/mol. The smallest absolute Gasteiger partial charge is 0.251 e. The highest BCUT2D eigenvalue weighted by Gasteiger charge is 2.09. The molecule has 0 aliphatic heterocycles. The molecule has 0 saturated carbocycles. The highest BCUT2D eigenvalue weighted by atomic mass is 16.1. The van der Waals surface area contributed by atoms with Crippen LogP contribution in [-0.2, 0) is 13.0 Å². The summed E-state index contributed by atoms with van der Waals surface area (Å²) in [5, 5.41) is 1.20. The molecule has 118 valence electrons. The van der Waals surface area contributed by atoms with Crippen molar-refractivity contribution < 1.29 is 0 Å². The van der Waals surface area contributed by atoms with Crippen LogP contribution in [-0.4, -0.2) is 4.57 Å². The molecule has 0 atom stereocenters. The predicted molar refractivity (Wildman–Crippen MR) is 97.2 cm³/mol. The van der Waals surface area contributed by atoms with Crippen molar-refractivity contribution in [1.29, 1.82) is 0 Å². The number of hydrogen-bond acceptors (Lipinski definition) is 1. The number of fused-ring (bicyclic) bond motifs is 1. The number of aryl methyl sites for hydroxylation is 5. The molecule has 23 heavy (non-hydrogen) atoms. The van der Waals surface area contributed by atoms with Gasteiger partial charge in [0.25, 0.3) is 5.56 Å². The molecule has 1 heterocycles. The van der Waals surface area contributed by atoms with Crippen molar-refractivity contribution in [2.24, 2.45) is 0 Å². The quantitative estimate of drug-likeness (QED) is 0.692. The Morgan fingerprint density at radius 1 is 0.913 bits per heavy atom. The topological polar surface area (TPSA) is 22.0 Å². The lowest BCUT2D eigenvalue weighted by atomic mass is 10.0. The van der Waals surface area contributed by atoms with E-state index in [0.717, 1.165) is 30.5 Å². The van der Waals surface area contributed by atoms with Gasteiger partial charge in [-0.1, -0.05) is 42.0 Å². The number of rotatable bonds is 4. The molecule has 3 aromatic rings. The summed E-state index contributed by atoms with van der Waals surface area (Å²) in [6.45, 7) is 6.99. The second-order valence-electron chi connectivity index (χ2n) is 6.38. The lowest BCUT2D eigenvalue weighted by Crippen LogP contribution is -2.21. The fraction of sp³-hybridized carbons (Fsp3) is 0.286. The molecule has 1 aromatic heterocycles. The zero-order valence-electron chi connectivity index (χ0n) is 14.1. The molecule has 2 heteroatoms. The van der Waals surface area contributed by atoms with Crippen molar-refractivity contribution in [3.05, 3.63) is 81.1 Å². The van der Waals surface area contributed by atoms with Gasteiger partial charge in [-0.25, -0.2) is 0 Å². The van der Waals surface area contributed by atoms with Crippen molar-refractivity contribution in [2.75, 3.05) is 0 Å². The van der Waals surface area contributed by atoms with Gasteiger partial charge in [-0.15, -0.1) is 0 Å². The van der Waals surface area contributed by atoms with Crippen LogP contribution in [0.25, 0.3) is 10.9 Å². The molecule has 0 saturated heterocycles. The van der Waals surface area contributed by atoms with E-state index < -0.39 is 0 Å². The van der Waals surface area contributed by atoms with Crippen LogP contribution in [0.15, 0.2) is 53.3 Å². The van der Waals surface area contributed by atoms with E-state index in [1.165, 1.54) is 22.1 Å². The molecule has 0 fully saturated rings. The average Bonchev–Trinajstić information content (AvgIpc) is 2.51. The van der Waals surface area contributed by atoms with Crippen molar-refractivity contribution in [1.82, 2.24) is 4.57 Å². The van der Waals surface area contributed by atoms with Crippen molar-refractivity contribution >= 4 is 10.9 Å². The number of nitrogens with zero attached hydrogens (tertiary/aromatic N) is 1. The summed E-state index contributed by atoms with van der Waals surface area (Å²) in [6, 6.07) is 16.6. The van der Waals surface area contributed by atoms with E-state index >= 15 is 0 Å². The Labute approximate surface area is 137 Å². The Hall–Kier alpha value is -2.35. The predicted octanol–water partition coefficient (Wildman–Crippen LogP) is 4.56. The van der Waals surface area contributed by atoms with Crippen LogP contribution in [0.2, 0.25) is 0 Å². The lowest BCUT2D eigenvalue weighted by molar-refractivity contribution is 0.640. The summed E-state index contributed by atoms with van der Waals surface area (Å²) in [5.74, 6) is 0. The lowest BCUT2D eigenvalue weighted by Gasteiger charge is -2.15. The molecule has 3 rings (SSSR count). The maximum absolute atomic E-state index is 12.5. The van der Waals surface area contributed by atoms with Gasteiger partial charge in [-0.05, 0) is 56.4 Å². The van der Waals surface area contributed by atoms with Crippen LogP contribution < -0.4 is 5.56 Å². The Kier molecular flexibility index (Phi) is 4.33. The van der Waals surface area contributed by atoms with Crippen molar-refractivity contribution in [2.45, 2.75) is 40.2 Å². The van der Waals surface area contributed by atoms with E-state index in [-0.39, 0.29) is 5.56 Å². The maximum Gasteiger partial charge on any atom is 0.251 e. The Morgan fingerprint density at radius 2 is 1.65 bits per heavy atom. The van der Waals surface area contributed by atoms with Gasteiger partial charge < -0.3 is 4.57 Å². The van der Waals surface area contributed by atoms with E-state index in [9.17, 15) is 4.79 Å². The number of hydrogen-bond donors (Lipinski definition) is 0. The number of benzene rings is 2. The molecule has 0 N–H and O–H groups in total. The Morgan fingerprint density at radius 3 is 2.39 bits per heavy atom. The van der Waals surface area contributed by atoms with Gasteiger partial charge in [-0.2, -0.15) is 0 Å². The third-order valence-corrected chi connectivity index (χ3v) is 4.44. The van der Waals surface area contributed by atoms with Crippen LogP contribution in [0.5, 0.6) is 0 Å². The van der Waals surface area contributed by atoms with Gasteiger partial charge >= 0.3 is 0 Å². The Balaban J connectivity index is 1.95. The summed E-state index contributed by atoms with van der Waals surface area (Å²) >= 11 is 0. The molecule has 2 nitrogen and oxygen atoms in total. The van der Waals surface area contributed by atoms with E-state index in [2.05, 4.69) is 50.2 Å². The van der Waals surface area contributed by atoms with Crippen LogP contribution in [0.3, 0.4) is 0 Å². The first-order valence-corrected chi connectivity index (χ1v) is 8.21. The fourth-order valence-electron chi connectivity index (χ4n) is 3.38. The minimum absolute atomic E-state index is 0.106. The van der Waals surface area contributed by atoms with E-state index in [1.54, 1.807) is 6.07 Å². The highest BCUT2D eigenvalue weighted by Crippen LogP contribution is 2.22. The van der Waals surface area contributed by atoms with Gasteiger partial charge in [-0.3, -0.25) is 4.79 Å². The largest absolute Gasteiger partial charge is 0.308 e. The summed E-state index contributed by atoms with van der Waals surface area (Å²) in [7, 11) is 0. The molecule has 0 radical (unpaired) electrons. The first-order chi connectivity index (χ1) is 11.1. The normalized spacial score (nSPS) is 11.1. The summed E-state index contributed by atoms with van der Waals surface area (Å²) in [6.07, 6.45) is 1.96. The van der Waals surface area contributed by atoms with Gasteiger partial charge in [0, 0.05) is 18.0 Å². The monoisotopic (exact) mass is 305 g/mol. The molecule has 0 aliphatic rings. The van der Waals surface area contributed by atoms with Crippen LogP contribution in [0.1, 0.15) is 28.7 Å². The van der Waals surface area contributed by atoms with Gasteiger partial charge in [0.05, 0.1) is 5.52 Å². The second-order valence-corrected chi connectivity index (χ2v) is 6.38. The van der Waals surface area contributed by atoms with Crippen LogP contribution in [0.4, 0.5) is 0 Å². The minimum atomic E-state index is 0.106. The molecule has 0 bridgehead atoms. The van der Waals surface area contributed by atoms with E-state index in [1.807, 2.05) is 17.6 Å². The van der Waals surface area contributed by atoms with Gasteiger partial charge in [0.1, 0.15) is 0 Å². The maximum atomic E-state index is 12.5. The zero-order valence-corrected chi connectivity index (χ0v) is 14.1. The Bertz CT molecular complexity index is 891. The number of aromatic nitrogens is 1. The fourth-order valence-corrected chi connectivity index (χ4v) is 3.38. The number of pyridine rings is 1. The SMILES string of the molecule is Cc1cc(C)c2c(c1)c(C)cc(=O)n2CCCc1ccccc1. The molecule has 2 aromatic carbocycles. The molecular formula is C21H23NO. The van der Waals surface area contributed by atoms with E-state index in [0.29, 0.717) is 0 Å². The molecule has 0 amide bonds. The molecule has 0 unspecified atom stereocenters. The summed E-state index contributed by atoms with van der Waals surface area (Å²) in [4.78, 5) is 12.5. The van der Waals surface area contributed by atoms with Gasteiger partial charge in [0.2, 0.25) is 0 Å². The molecule has 0 spiro atoms. The van der Waals surface area contributed by atoms with Crippen LogP contribution >= 0.6 is 0 Å². The highest BCUT2D eigenvalue weighted by molar-refractivity contribution is 5.86. The van der Waals surface area contributed by atoms with E-state index in [4.69, 9.17) is 0 Å². The molecule has 0 aliphatic carbocycles. The van der Waals surface area contributed by atoms with Gasteiger partial charge in [0.15, 0.2) is 0 Å². The third kappa shape index (κ3) is 3.21.